The monoisotopic (exact) mass is 336 g/mol. The van der Waals surface area contributed by atoms with Crippen LogP contribution in [-0.4, -0.2) is 6.36 Å². The second-order valence-corrected chi connectivity index (χ2v) is 5.32. The first-order valence-corrected chi connectivity index (χ1v) is 7.32. The highest BCUT2D eigenvalue weighted by molar-refractivity contribution is 5.83. The zero-order chi connectivity index (χ0) is 17.2. The normalized spacial score (nSPS) is 11.8. The lowest BCUT2D eigenvalue weighted by atomic mass is 10.1. The fourth-order valence-corrected chi connectivity index (χ4v) is 2.47. The summed E-state index contributed by atoms with van der Waals surface area (Å²) < 4.78 is 52.3. The average Bonchev–Trinajstić information content (AvgIpc) is 2.82. The van der Waals surface area contributed by atoms with E-state index in [0.717, 1.165) is 5.56 Å². The standard InChI is InChI=1S/C18H15F3O3/c1-12-16(11-22-10-13-5-3-2-4-6-13)15-9-14(24-18(19,20)21)7-8-17(15)23-12/h2-9H,10-11H2,1H3. The average molecular weight is 336 g/mol. The van der Waals surface area contributed by atoms with E-state index in [1.54, 1.807) is 6.92 Å². The molecule has 0 fully saturated rings. The molecular weight excluding hydrogens is 321 g/mol. The van der Waals surface area contributed by atoms with Crippen molar-refractivity contribution in [1.82, 2.24) is 0 Å². The van der Waals surface area contributed by atoms with Crippen LogP contribution in [-0.2, 0) is 18.0 Å². The van der Waals surface area contributed by atoms with Gasteiger partial charge in [-0.25, -0.2) is 0 Å². The van der Waals surface area contributed by atoms with Crippen molar-refractivity contribution in [3.8, 4) is 5.75 Å². The summed E-state index contributed by atoms with van der Waals surface area (Å²) in [6, 6.07) is 13.6. The van der Waals surface area contributed by atoms with Crippen LogP contribution in [0.15, 0.2) is 52.9 Å². The van der Waals surface area contributed by atoms with E-state index in [4.69, 9.17) is 9.15 Å². The molecule has 6 heteroatoms. The first-order valence-electron chi connectivity index (χ1n) is 7.32. The summed E-state index contributed by atoms with van der Waals surface area (Å²) in [5, 5.41) is 0.558. The number of furan rings is 1. The maximum atomic E-state index is 12.4. The first-order chi connectivity index (χ1) is 11.4. The van der Waals surface area contributed by atoms with Gasteiger partial charge in [-0.05, 0) is 30.7 Å². The van der Waals surface area contributed by atoms with Crippen molar-refractivity contribution in [2.24, 2.45) is 0 Å². The molecule has 0 aliphatic carbocycles. The molecule has 0 saturated heterocycles. The molecule has 2 aromatic carbocycles. The van der Waals surface area contributed by atoms with E-state index >= 15 is 0 Å². The van der Waals surface area contributed by atoms with Gasteiger partial charge in [0.15, 0.2) is 0 Å². The smallest absolute Gasteiger partial charge is 0.461 e. The van der Waals surface area contributed by atoms with Crippen LogP contribution < -0.4 is 4.74 Å². The van der Waals surface area contributed by atoms with Gasteiger partial charge in [0.05, 0.1) is 13.2 Å². The van der Waals surface area contributed by atoms with E-state index < -0.39 is 6.36 Å². The van der Waals surface area contributed by atoms with Gasteiger partial charge in [-0.2, -0.15) is 0 Å². The summed E-state index contributed by atoms with van der Waals surface area (Å²) in [5.74, 6) is 0.335. The number of ether oxygens (including phenoxy) is 2. The molecule has 1 heterocycles. The highest BCUT2D eigenvalue weighted by Crippen LogP contribution is 2.32. The fraction of sp³-hybridized carbons (Fsp3) is 0.222. The van der Waals surface area contributed by atoms with Crippen molar-refractivity contribution in [3.05, 3.63) is 65.4 Å². The van der Waals surface area contributed by atoms with E-state index in [-0.39, 0.29) is 12.4 Å². The Morgan fingerprint density at radius 1 is 1.00 bits per heavy atom. The molecule has 0 aliphatic rings. The lowest BCUT2D eigenvalue weighted by Gasteiger charge is -2.09. The topological polar surface area (TPSA) is 31.6 Å². The Kier molecular flexibility index (Phi) is 4.49. The van der Waals surface area contributed by atoms with E-state index in [1.165, 1.54) is 18.2 Å². The molecule has 24 heavy (non-hydrogen) atoms. The van der Waals surface area contributed by atoms with Gasteiger partial charge in [0, 0.05) is 10.9 Å². The van der Waals surface area contributed by atoms with Crippen LogP contribution in [0.3, 0.4) is 0 Å². The largest absolute Gasteiger partial charge is 0.573 e. The van der Waals surface area contributed by atoms with Gasteiger partial charge in [0.1, 0.15) is 17.1 Å². The lowest BCUT2D eigenvalue weighted by Crippen LogP contribution is -2.16. The number of halogens is 3. The van der Waals surface area contributed by atoms with Gasteiger partial charge in [0.2, 0.25) is 0 Å². The quantitative estimate of drug-likeness (QED) is 0.629. The zero-order valence-corrected chi connectivity index (χ0v) is 12.9. The second kappa shape index (κ2) is 6.57. The third-order valence-electron chi connectivity index (χ3n) is 3.56. The minimum absolute atomic E-state index is 0.239. The van der Waals surface area contributed by atoms with Crippen molar-refractivity contribution in [1.29, 1.82) is 0 Å². The third kappa shape index (κ3) is 3.89. The summed E-state index contributed by atoms with van der Waals surface area (Å²) in [6.45, 7) is 2.40. The fourth-order valence-electron chi connectivity index (χ4n) is 2.47. The predicted octanol–water partition coefficient (Wildman–Crippen LogP) is 5.36. The SMILES string of the molecule is Cc1oc2ccc(OC(F)(F)F)cc2c1COCc1ccccc1. The molecule has 0 N–H and O–H groups in total. The minimum Gasteiger partial charge on any atom is -0.461 e. The molecule has 1 aromatic heterocycles. The van der Waals surface area contributed by atoms with Crippen molar-refractivity contribution in [3.63, 3.8) is 0 Å². The summed E-state index contributed by atoms with van der Waals surface area (Å²) in [4.78, 5) is 0. The van der Waals surface area contributed by atoms with Crippen LogP contribution in [0.1, 0.15) is 16.9 Å². The Morgan fingerprint density at radius 3 is 2.46 bits per heavy atom. The predicted molar refractivity (Wildman–Crippen MR) is 82.6 cm³/mol. The number of rotatable bonds is 5. The van der Waals surface area contributed by atoms with Crippen LogP contribution in [0.25, 0.3) is 11.0 Å². The summed E-state index contributed by atoms with van der Waals surface area (Å²) in [5.41, 5.74) is 2.23. The molecule has 0 bridgehead atoms. The van der Waals surface area contributed by atoms with E-state index in [9.17, 15) is 13.2 Å². The van der Waals surface area contributed by atoms with Crippen molar-refractivity contribution >= 4 is 11.0 Å². The van der Waals surface area contributed by atoms with Gasteiger partial charge >= 0.3 is 6.36 Å². The highest BCUT2D eigenvalue weighted by atomic mass is 19.4. The minimum atomic E-state index is -4.73. The van der Waals surface area contributed by atoms with Crippen LogP contribution >= 0.6 is 0 Å². The third-order valence-corrected chi connectivity index (χ3v) is 3.56. The van der Waals surface area contributed by atoms with E-state index in [1.807, 2.05) is 30.3 Å². The molecule has 0 radical (unpaired) electrons. The van der Waals surface area contributed by atoms with E-state index in [2.05, 4.69) is 4.74 Å². The van der Waals surface area contributed by atoms with Crippen LogP contribution in [0, 0.1) is 6.92 Å². The maximum absolute atomic E-state index is 12.4. The number of benzene rings is 2. The molecule has 0 amide bonds. The Labute approximate surface area is 136 Å². The van der Waals surface area contributed by atoms with Gasteiger partial charge in [-0.3, -0.25) is 0 Å². The Bertz CT molecular complexity index is 823. The zero-order valence-electron chi connectivity index (χ0n) is 12.9. The summed E-state index contributed by atoms with van der Waals surface area (Å²) >= 11 is 0. The maximum Gasteiger partial charge on any atom is 0.573 e. The highest BCUT2D eigenvalue weighted by Gasteiger charge is 2.31. The number of hydrogen-bond acceptors (Lipinski definition) is 3. The molecule has 0 atom stereocenters. The molecule has 0 saturated carbocycles. The van der Waals surface area contributed by atoms with Crippen LogP contribution in [0.2, 0.25) is 0 Å². The molecular formula is C18H15F3O3. The molecule has 3 nitrogen and oxygen atoms in total. The molecule has 0 unspecified atom stereocenters. The van der Waals surface area contributed by atoms with Crippen LogP contribution in [0.4, 0.5) is 13.2 Å². The van der Waals surface area contributed by atoms with Gasteiger partial charge < -0.3 is 13.9 Å². The summed E-state index contributed by atoms with van der Waals surface area (Å²) in [6.07, 6.45) is -4.73. The molecule has 0 spiro atoms. The second-order valence-electron chi connectivity index (χ2n) is 5.32. The molecule has 126 valence electrons. The van der Waals surface area contributed by atoms with Crippen molar-refractivity contribution in [2.45, 2.75) is 26.5 Å². The van der Waals surface area contributed by atoms with E-state index in [0.29, 0.717) is 28.9 Å². The Balaban J connectivity index is 1.78. The van der Waals surface area contributed by atoms with Gasteiger partial charge in [0.25, 0.3) is 0 Å². The van der Waals surface area contributed by atoms with Crippen molar-refractivity contribution < 1.29 is 27.1 Å². The first kappa shape index (κ1) is 16.4. The Morgan fingerprint density at radius 2 is 1.75 bits per heavy atom. The molecule has 3 aromatic rings. The number of aryl methyl sites for hydroxylation is 1. The van der Waals surface area contributed by atoms with Crippen LogP contribution in [0.5, 0.6) is 5.75 Å². The summed E-state index contributed by atoms with van der Waals surface area (Å²) in [7, 11) is 0. The van der Waals surface area contributed by atoms with Gasteiger partial charge in [-0.1, -0.05) is 30.3 Å². The Hall–Kier alpha value is -2.47. The van der Waals surface area contributed by atoms with Crippen molar-refractivity contribution in [2.75, 3.05) is 0 Å². The number of fused-ring (bicyclic) bond motifs is 1. The molecule has 3 rings (SSSR count). The van der Waals surface area contributed by atoms with Gasteiger partial charge in [-0.15, -0.1) is 13.2 Å². The lowest BCUT2D eigenvalue weighted by molar-refractivity contribution is -0.274. The molecule has 0 aliphatic heterocycles. The number of hydrogen-bond donors (Lipinski definition) is 0. The number of alkyl halides is 3.